The van der Waals surface area contributed by atoms with Crippen LogP contribution in [-0.2, 0) is 11.8 Å². The van der Waals surface area contributed by atoms with Crippen molar-refractivity contribution in [1.29, 1.82) is 0 Å². The molecular formula is C9H14BrN3O2. The van der Waals surface area contributed by atoms with Crippen molar-refractivity contribution in [2.75, 3.05) is 19.0 Å². The van der Waals surface area contributed by atoms with Crippen LogP contribution in [-0.4, -0.2) is 40.5 Å². The molecule has 84 valence electrons. The van der Waals surface area contributed by atoms with Crippen LogP contribution in [0.4, 0.5) is 0 Å². The van der Waals surface area contributed by atoms with Crippen LogP contribution in [0.2, 0.25) is 0 Å². The molecule has 0 radical (unpaired) electrons. The van der Waals surface area contributed by atoms with Crippen molar-refractivity contribution in [3.05, 3.63) is 18.2 Å². The standard InChI is InChI=1S/C9H14BrN3O2/c1-13-4-8(11-6-13)9(14)12-7(3-10)5-15-2/h4,6-7H,3,5H2,1-2H3,(H,12,14). The van der Waals surface area contributed by atoms with Gasteiger partial charge >= 0.3 is 0 Å². The molecule has 1 rings (SSSR count). The van der Waals surface area contributed by atoms with Crippen LogP contribution < -0.4 is 5.32 Å². The highest BCUT2D eigenvalue weighted by Crippen LogP contribution is 1.97. The lowest BCUT2D eigenvalue weighted by atomic mass is 10.3. The third-order valence-electron chi connectivity index (χ3n) is 1.83. The summed E-state index contributed by atoms with van der Waals surface area (Å²) in [6.45, 7) is 0.476. The molecule has 6 heteroatoms. The first-order valence-corrected chi connectivity index (χ1v) is 5.63. The molecule has 0 fully saturated rings. The van der Waals surface area contributed by atoms with Gasteiger partial charge in [-0.2, -0.15) is 0 Å². The van der Waals surface area contributed by atoms with Crippen molar-refractivity contribution in [2.45, 2.75) is 6.04 Å². The van der Waals surface area contributed by atoms with Crippen molar-refractivity contribution in [2.24, 2.45) is 7.05 Å². The number of hydrogen-bond acceptors (Lipinski definition) is 3. The number of amides is 1. The number of aryl methyl sites for hydroxylation is 1. The van der Waals surface area contributed by atoms with Gasteiger partial charge in [0.1, 0.15) is 5.69 Å². The second kappa shape index (κ2) is 5.87. The Hall–Kier alpha value is -0.880. The van der Waals surface area contributed by atoms with Crippen molar-refractivity contribution >= 4 is 21.8 Å². The minimum absolute atomic E-state index is 0.0375. The summed E-state index contributed by atoms with van der Waals surface area (Å²) in [5, 5.41) is 3.46. The SMILES string of the molecule is COCC(CBr)NC(=O)c1cn(C)cn1. The number of nitrogens with zero attached hydrogens (tertiary/aromatic N) is 2. The molecule has 0 aliphatic rings. The Balaban J connectivity index is 2.54. The molecular weight excluding hydrogens is 262 g/mol. The number of carbonyl (C=O) groups excluding carboxylic acids is 1. The summed E-state index contributed by atoms with van der Waals surface area (Å²) in [6.07, 6.45) is 3.27. The number of halogens is 1. The highest BCUT2D eigenvalue weighted by molar-refractivity contribution is 9.09. The smallest absolute Gasteiger partial charge is 0.271 e. The van der Waals surface area contributed by atoms with Crippen molar-refractivity contribution < 1.29 is 9.53 Å². The molecule has 0 saturated carbocycles. The van der Waals surface area contributed by atoms with Crippen molar-refractivity contribution in [3.8, 4) is 0 Å². The molecule has 0 saturated heterocycles. The van der Waals surface area contributed by atoms with E-state index in [2.05, 4.69) is 26.2 Å². The van der Waals surface area contributed by atoms with Gasteiger partial charge in [0, 0.05) is 25.7 Å². The largest absolute Gasteiger partial charge is 0.383 e. The number of rotatable bonds is 5. The number of ether oxygens (including phenoxy) is 1. The van der Waals surface area contributed by atoms with Gasteiger partial charge in [-0.15, -0.1) is 0 Å². The topological polar surface area (TPSA) is 56.1 Å². The van der Waals surface area contributed by atoms with Gasteiger partial charge in [0.2, 0.25) is 0 Å². The van der Waals surface area contributed by atoms with Crippen LogP contribution in [0, 0.1) is 0 Å². The molecule has 1 atom stereocenters. The molecule has 1 amide bonds. The second-order valence-electron chi connectivity index (χ2n) is 3.20. The maximum atomic E-state index is 11.6. The summed E-state index contributed by atoms with van der Waals surface area (Å²) in [5.74, 6) is -0.183. The number of imidazole rings is 1. The van der Waals surface area contributed by atoms with E-state index in [-0.39, 0.29) is 11.9 Å². The Morgan fingerprint density at radius 1 is 1.80 bits per heavy atom. The number of hydrogen-bond donors (Lipinski definition) is 1. The van der Waals surface area contributed by atoms with E-state index in [9.17, 15) is 4.79 Å². The summed E-state index contributed by atoms with van der Waals surface area (Å²) in [7, 11) is 3.42. The number of aromatic nitrogens is 2. The van der Waals surface area contributed by atoms with E-state index in [1.807, 2.05) is 7.05 Å². The van der Waals surface area contributed by atoms with Gasteiger partial charge in [0.15, 0.2) is 0 Å². The molecule has 5 nitrogen and oxygen atoms in total. The molecule has 1 heterocycles. The summed E-state index contributed by atoms with van der Waals surface area (Å²) < 4.78 is 6.70. The lowest BCUT2D eigenvalue weighted by Gasteiger charge is -2.13. The first-order chi connectivity index (χ1) is 7.17. The molecule has 0 aliphatic carbocycles. The van der Waals surface area contributed by atoms with Gasteiger partial charge in [-0.3, -0.25) is 4.79 Å². The Morgan fingerprint density at radius 2 is 2.53 bits per heavy atom. The minimum atomic E-state index is -0.183. The average Bonchev–Trinajstić information content (AvgIpc) is 2.64. The molecule has 1 aromatic heterocycles. The highest BCUT2D eigenvalue weighted by atomic mass is 79.9. The molecule has 0 spiro atoms. The van der Waals surface area contributed by atoms with Gasteiger partial charge < -0.3 is 14.6 Å². The van der Waals surface area contributed by atoms with Gasteiger partial charge in [0.05, 0.1) is 19.0 Å². The zero-order valence-electron chi connectivity index (χ0n) is 8.74. The second-order valence-corrected chi connectivity index (χ2v) is 3.85. The summed E-state index contributed by atoms with van der Waals surface area (Å²) in [4.78, 5) is 15.6. The van der Waals surface area contributed by atoms with E-state index < -0.39 is 0 Å². The normalized spacial score (nSPS) is 12.5. The fourth-order valence-corrected chi connectivity index (χ4v) is 1.46. The van der Waals surface area contributed by atoms with Gasteiger partial charge in [0.25, 0.3) is 5.91 Å². The first kappa shape index (κ1) is 12.2. The lowest BCUT2D eigenvalue weighted by molar-refractivity contribution is 0.0903. The number of methoxy groups -OCH3 is 1. The number of carbonyl (C=O) groups is 1. The summed E-state index contributed by atoms with van der Waals surface area (Å²) in [6, 6.07) is -0.0375. The highest BCUT2D eigenvalue weighted by Gasteiger charge is 2.14. The Kier molecular flexibility index (Phi) is 4.77. The van der Waals surface area contributed by atoms with Crippen LogP contribution in [0.15, 0.2) is 12.5 Å². The molecule has 1 N–H and O–H groups in total. The van der Waals surface area contributed by atoms with E-state index in [4.69, 9.17) is 4.74 Å². The maximum absolute atomic E-state index is 11.6. The lowest BCUT2D eigenvalue weighted by Crippen LogP contribution is -2.39. The van der Waals surface area contributed by atoms with Crippen LogP contribution >= 0.6 is 15.9 Å². The van der Waals surface area contributed by atoms with E-state index >= 15 is 0 Å². The number of alkyl halides is 1. The zero-order valence-corrected chi connectivity index (χ0v) is 10.3. The van der Waals surface area contributed by atoms with E-state index in [0.29, 0.717) is 17.6 Å². The van der Waals surface area contributed by atoms with E-state index in [1.165, 1.54) is 0 Å². The number of nitrogens with one attached hydrogen (secondary N) is 1. The molecule has 0 bridgehead atoms. The fourth-order valence-electron chi connectivity index (χ4n) is 1.12. The van der Waals surface area contributed by atoms with Crippen molar-refractivity contribution in [3.63, 3.8) is 0 Å². The summed E-state index contributed by atoms with van der Waals surface area (Å²) in [5.41, 5.74) is 0.416. The van der Waals surface area contributed by atoms with Gasteiger partial charge in [-0.05, 0) is 0 Å². The Morgan fingerprint density at radius 3 is 3.00 bits per heavy atom. The quantitative estimate of drug-likeness (QED) is 0.799. The molecule has 0 aromatic carbocycles. The van der Waals surface area contributed by atoms with E-state index in [1.54, 1.807) is 24.2 Å². The van der Waals surface area contributed by atoms with Crippen LogP contribution in [0.25, 0.3) is 0 Å². The van der Waals surface area contributed by atoms with Gasteiger partial charge in [-0.25, -0.2) is 4.98 Å². The Bertz CT molecular complexity index is 327. The molecule has 1 aromatic rings. The Labute approximate surface area is 97.0 Å². The monoisotopic (exact) mass is 275 g/mol. The first-order valence-electron chi connectivity index (χ1n) is 4.51. The third-order valence-corrected chi connectivity index (χ3v) is 2.61. The molecule has 15 heavy (non-hydrogen) atoms. The predicted octanol–water partition coefficient (Wildman–Crippen LogP) is 0.560. The van der Waals surface area contributed by atoms with Crippen LogP contribution in [0.3, 0.4) is 0 Å². The molecule has 1 unspecified atom stereocenters. The van der Waals surface area contributed by atoms with Gasteiger partial charge in [-0.1, -0.05) is 15.9 Å². The van der Waals surface area contributed by atoms with Crippen molar-refractivity contribution in [1.82, 2.24) is 14.9 Å². The van der Waals surface area contributed by atoms with E-state index in [0.717, 1.165) is 0 Å². The zero-order chi connectivity index (χ0) is 11.3. The molecule has 0 aliphatic heterocycles. The van der Waals surface area contributed by atoms with Crippen LogP contribution in [0.5, 0.6) is 0 Å². The predicted molar refractivity (Wildman–Crippen MR) is 60.1 cm³/mol. The minimum Gasteiger partial charge on any atom is -0.383 e. The summed E-state index contributed by atoms with van der Waals surface area (Å²) >= 11 is 3.30. The van der Waals surface area contributed by atoms with Crippen LogP contribution in [0.1, 0.15) is 10.5 Å². The fraction of sp³-hybridized carbons (Fsp3) is 0.556. The average molecular weight is 276 g/mol. The maximum Gasteiger partial charge on any atom is 0.271 e. The third kappa shape index (κ3) is 3.64.